The molecule has 0 amide bonds. The summed E-state index contributed by atoms with van der Waals surface area (Å²) in [5, 5.41) is 6.56. The van der Waals surface area contributed by atoms with Crippen LogP contribution in [0.2, 0.25) is 0 Å². The highest BCUT2D eigenvalue weighted by Crippen LogP contribution is 2.45. The molecule has 0 radical (unpaired) electrons. The SMILES string of the molecule is CNc1ccc2c(c1)Sc1cc(N)ccc1N2. The van der Waals surface area contributed by atoms with Gasteiger partial charge < -0.3 is 16.4 Å². The normalized spacial score (nSPS) is 12.3. The second kappa shape index (κ2) is 3.89. The zero-order valence-electron chi connectivity index (χ0n) is 9.45. The average Bonchev–Trinajstić information content (AvgIpc) is 2.35. The minimum absolute atomic E-state index is 0.797. The van der Waals surface area contributed by atoms with E-state index in [9.17, 15) is 0 Å². The first-order chi connectivity index (χ1) is 8.26. The van der Waals surface area contributed by atoms with Crippen molar-refractivity contribution in [2.24, 2.45) is 0 Å². The summed E-state index contributed by atoms with van der Waals surface area (Å²) < 4.78 is 0. The molecule has 3 rings (SSSR count). The highest BCUT2D eigenvalue weighted by molar-refractivity contribution is 7.99. The van der Waals surface area contributed by atoms with Gasteiger partial charge in [0.25, 0.3) is 0 Å². The highest BCUT2D eigenvalue weighted by atomic mass is 32.2. The first-order valence-electron chi connectivity index (χ1n) is 5.42. The van der Waals surface area contributed by atoms with Crippen LogP contribution in [0.4, 0.5) is 22.7 Å². The fourth-order valence-electron chi connectivity index (χ4n) is 1.86. The van der Waals surface area contributed by atoms with E-state index < -0.39 is 0 Å². The molecule has 3 nitrogen and oxygen atoms in total. The number of fused-ring (bicyclic) bond motifs is 2. The number of rotatable bonds is 1. The van der Waals surface area contributed by atoms with E-state index in [2.05, 4.69) is 28.8 Å². The Labute approximate surface area is 104 Å². The van der Waals surface area contributed by atoms with E-state index in [0.717, 1.165) is 22.7 Å². The lowest BCUT2D eigenvalue weighted by atomic mass is 10.2. The monoisotopic (exact) mass is 243 g/mol. The molecule has 0 fully saturated rings. The number of anilines is 4. The molecule has 1 heterocycles. The van der Waals surface area contributed by atoms with Crippen LogP contribution in [0.25, 0.3) is 0 Å². The number of benzene rings is 2. The minimum Gasteiger partial charge on any atom is -0.399 e. The predicted octanol–water partition coefficient (Wildman–Crippen LogP) is 3.52. The fraction of sp³-hybridized carbons (Fsp3) is 0.0769. The van der Waals surface area contributed by atoms with Crippen molar-refractivity contribution in [3.8, 4) is 0 Å². The molecule has 0 spiro atoms. The van der Waals surface area contributed by atoms with Crippen molar-refractivity contribution >= 4 is 34.5 Å². The summed E-state index contributed by atoms with van der Waals surface area (Å²) >= 11 is 1.74. The molecule has 17 heavy (non-hydrogen) atoms. The zero-order valence-corrected chi connectivity index (χ0v) is 10.3. The minimum atomic E-state index is 0.797. The van der Waals surface area contributed by atoms with Crippen LogP contribution in [0.3, 0.4) is 0 Å². The van der Waals surface area contributed by atoms with E-state index in [1.165, 1.54) is 9.79 Å². The molecule has 1 aliphatic rings. The summed E-state index contributed by atoms with van der Waals surface area (Å²) in [6.07, 6.45) is 0. The molecule has 0 bridgehead atoms. The Bertz CT molecular complexity index is 581. The number of hydrogen-bond acceptors (Lipinski definition) is 4. The van der Waals surface area contributed by atoms with Crippen molar-refractivity contribution in [1.29, 1.82) is 0 Å². The standard InChI is InChI=1S/C13H13N3S/c1-15-9-3-5-11-13(7-9)17-12-6-8(14)2-4-10(12)16-11/h2-7,15-16H,14H2,1H3. The Morgan fingerprint density at radius 1 is 1.06 bits per heavy atom. The number of nitrogen functional groups attached to an aromatic ring is 1. The lowest BCUT2D eigenvalue weighted by Crippen LogP contribution is -2.01. The average molecular weight is 243 g/mol. The van der Waals surface area contributed by atoms with Crippen LogP contribution in [-0.4, -0.2) is 7.05 Å². The molecule has 2 aromatic carbocycles. The molecule has 1 aliphatic heterocycles. The van der Waals surface area contributed by atoms with Crippen LogP contribution in [0.1, 0.15) is 0 Å². The third-order valence-electron chi connectivity index (χ3n) is 2.77. The Morgan fingerprint density at radius 3 is 2.53 bits per heavy atom. The van der Waals surface area contributed by atoms with Crippen LogP contribution < -0.4 is 16.4 Å². The maximum absolute atomic E-state index is 5.80. The molecule has 0 saturated heterocycles. The van der Waals surface area contributed by atoms with Gasteiger partial charge in [0.05, 0.1) is 11.4 Å². The zero-order chi connectivity index (χ0) is 11.8. The van der Waals surface area contributed by atoms with Gasteiger partial charge in [-0.05, 0) is 36.4 Å². The van der Waals surface area contributed by atoms with Crippen molar-refractivity contribution in [3.63, 3.8) is 0 Å². The van der Waals surface area contributed by atoms with E-state index in [1.54, 1.807) is 11.8 Å². The first kappa shape index (κ1) is 10.4. The van der Waals surface area contributed by atoms with E-state index >= 15 is 0 Å². The lowest BCUT2D eigenvalue weighted by Gasteiger charge is -2.21. The Hall–Kier alpha value is -1.81. The lowest BCUT2D eigenvalue weighted by molar-refractivity contribution is 1.31. The molecular formula is C13H13N3S. The summed E-state index contributed by atoms with van der Waals surface area (Å²) in [4.78, 5) is 2.39. The van der Waals surface area contributed by atoms with Crippen LogP contribution in [0, 0.1) is 0 Å². The van der Waals surface area contributed by atoms with Crippen molar-refractivity contribution in [1.82, 2.24) is 0 Å². The summed E-state index contributed by atoms with van der Waals surface area (Å²) in [7, 11) is 1.93. The molecular weight excluding hydrogens is 230 g/mol. The van der Waals surface area contributed by atoms with Crippen LogP contribution in [0.5, 0.6) is 0 Å². The van der Waals surface area contributed by atoms with Crippen molar-refractivity contribution < 1.29 is 0 Å². The topological polar surface area (TPSA) is 50.1 Å². The van der Waals surface area contributed by atoms with Gasteiger partial charge in [0.1, 0.15) is 0 Å². The van der Waals surface area contributed by atoms with Gasteiger partial charge in [-0.1, -0.05) is 11.8 Å². The highest BCUT2D eigenvalue weighted by Gasteiger charge is 2.15. The van der Waals surface area contributed by atoms with E-state index in [-0.39, 0.29) is 0 Å². The maximum Gasteiger partial charge on any atom is 0.0527 e. The fourth-order valence-corrected chi connectivity index (χ4v) is 2.93. The summed E-state index contributed by atoms with van der Waals surface area (Å²) in [6.45, 7) is 0. The number of nitrogens with two attached hydrogens (primary N) is 1. The van der Waals surface area contributed by atoms with Gasteiger partial charge in [-0.25, -0.2) is 0 Å². The molecule has 0 aromatic heterocycles. The molecule has 2 aromatic rings. The molecule has 0 unspecified atom stereocenters. The second-order valence-electron chi connectivity index (χ2n) is 3.94. The first-order valence-corrected chi connectivity index (χ1v) is 6.24. The van der Waals surface area contributed by atoms with E-state index in [0.29, 0.717) is 0 Å². The van der Waals surface area contributed by atoms with Gasteiger partial charge in [-0.3, -0.25) is 0 Å². The Kier molecular flexibility index (Phi) is 2.37. The number of hydrogen-bond donors (Lipinski definition) is 3. The molecule has 4 N–H and O–H groups in total. The van der Waals surface area contributed by atoms with Crippen LogP contribution >= 0.6 is 11.8 Å². The van der Waals surface area contributed by atoms with Gasteiger partial charge in [-0.2, -0.15) is 0 Å². The van der Waals surface area contributed by atoms with Crippen molar-refractivity contribution in [3.05, 3.63) is 36.4 Å². The van der Waals surface area contributed by atoms with Crippen molar-refractivity contribution in [2.75, 3.05) is 23.4 Å². The van der Waals surface area contributed by atoms with Gasteiger partial charge in [0.2, 0.25) is 0 Å². The maximum atomic E-state index is 5.80. The van der Waals surface area contributed by atoms with Crippen molar-refractivity contribution in [2.45, 2.75) is 9.79 Å². The predicted molar refractivity (Wildman–Crippen MR) is 74.2 cm³/mol. The van der Waals surface area contributed by atoms with E-state index in [4.69, 9.17) is 5.73 Å². The summed E-state index contributed by atoms with van der Waals surface area (Å²) in [5.74, 6) is 0. The molecule has 0 saturated carbocycles. The summed E-state index contributed by atoms with van der Waals surface area (Å²) in [6, 6.07) is 12.2. The van der Waals surface area contributed by atoms with Crippen LogP contribution in [-0.2, 0) is 0 Å². The second-order valence-corrected chi connectivity index (χ2v) is 5.03. The number of nitrogens with one attached hydrogen (secondary N) is 2. The molecule has 4 heteroatoms. The Morgan fingerprint density at radius 2 is 1.76 bits per heavy atom. The Balaban J connectivity index is 2.05. The molecule has 0 aliphatic carbocycles. The van der Waals surface area contributed by atoms with Gasteiger partial charge in [0.15, 0.2) is 0 Å². The van der Waals surface area contributed by atoms with Gasteiger partial charge >= 0.3 is 0 Å². The largest absolute Gasteiger partial charge is 0.399 e. The third kappa shape index (κ3) is 1.80. The quantitative estimate of drug-likeness (QED) is 0.572. The summed E-state index contributed by atoms with van der Waals surface area (Å²) in [5.41, 5.74) is 9.98. The molecule has 0 atom stereocenters. The van der Waals surface area contributed by atoms with Gasteiger partial charge in [-0.15, -0.1) is 0 Å². The van der Waals surface area contributed by atoms with E-state index in [1.807, 2.05) is 25.2 Å². The molecule has 86 valence electrons. The third-order valence-corrected chi connectivity index (χ3v) is 3.88. The van der Waals surface area contributed by atoms with Gasteiger partial charge in [0, 0.05) is 28.2 Å². The smallest absolute Gasteiger partial charge is 0.0527 e. The van der Waals surface area contributed by atoms with Crippen LogP contribution in [0.15, 0.2) is 46.2 Å².